The van der Waals surface area contributed by atoms with Crippen LogP contribution in [0.25, 0.3) is 0 Å². The Morgan fingerprint density at radius 1 is 1.23 bits per heavy atom. The molecule has 0 aromatic carbocycles. The Hall–Kier alpha value is -1.64. The Morgan fingerprint density at radius 3 is 2.77 bits per heavy atom. The fourth-order valence-electron chi connectivity index (χ4n) is 4.12. The number of nitrogens with one attached hydrogen (secondary N) is 1. The second-order valence-electron chi connectivity index (χ2n) is 8.54. The molecule has 0 saturated carbocycles. The molecule has 5 unspecified atom stereocenters. The zero-order chi connectivity index (χ0) is 21.7. The van der Waals surface area contributed by atoms with E-state index in [9.17, 15) is 19.5 Å². The van der Waals surface area contributed by atoms with Crippen LogP contribution >= 0.6 is 11.8 Å². The summed E-state index contributed by atoms with van der Waals surface area (Å²) in [6.45, 7) is 3.78. The van der Waals surface area contributed by atoms with Gasteiger partial charge in [-0.05, 0) is 45.1 Å². The van der Waals surface area contributed by atoms with Crippen LogP contribution in [0.1, 0.15) is 58.8 Å². The summed E-state index contributed by atoms with van der Waals surface area (Å²) in [5, 5.41) is 13.7. The van der Waals surface area contributed by atoms with E-state index < -0.39 is 23.9 Å². The molecular formula is C22H31NO6S. The van der Waals surface area contributed by atoms with Gasteiger partial charge in [0.25, 0.3) is 5.24 Å². The third kappa shape index (κ3) is 6.18. The van der Waals surface area contributed by atoms with Crippen molar-refractivity contribution in [1.29, 1.82) is 0 Å². The summed E-state index contributed by atoms with van der Waals surface area (Å²) in [5.41, 5.74) is 0.915. The van der Waals surface area contributed by atoms with Gasteiger partial charge in [0.2, 0.25) is 0 Å². The number of aliphatic hydroxyl groups is 1. The Balaban J connectivity index is 1.79. The molecule has 2 bridgehead atoms. The number of hydrogen-bond acceptors (Lipinski definition) is 7. The second kappa shape index (κ2) is 10.1. The van der Waals surface area contributed by atoms with E-state index in [-0.39, 0.29) is 29.5 Å². The molecule has 3 rings (SSSR count). The molecule has 30 heavy (non-hydrogen) atoms. The lowest BCUT2D eigenvalue weighted by molar-refractivity contribution is -0.283. The first-order valence-electron chi connectivity index (χ1n) is 10.7. The van der Waals surface area contributed by atoms with Gasteiger partial charge in [-0.1, -0.05) is 30.3 Å². The van der Waals surface area contributed by atoms with Gasteiger partial charge >= 0.3 is 5.97 Å². The number of thioether (sulfide) groups is 1. The molecule has 1 amide bonds. The maximum Gasteiger partial charge on any atom is 0.330 e. The Labute approximate surface area is 181 Å². The van der Waals surface area contributed by atoms with Gasteiger partial charge in [-0.25, -0.2) is 4.79 Å². The number of ether oxygens (including phenoxy) is 2. The van der Waals surface area contributed by atoms with Crippen molar-refractivity contribution in [3.8, 4) is 0 Å². The number of esters is 1. The third-order valence-electron chi connectivity index (χ3n) is 5.91. The molecule has 0 aromatic rings. The molecule has 2 saturated heterocycles. The average molecular weight is 438 g/mol. The van der Waals surface area contributed by atoms with E-state index in [0.29, 0.717) is 25.0 Å². The second-order valence-corrected chi connectivity index (χ2v) is 9.54. The minimum Gasteiger partial charge on any atom is -0.459 e. The molecule has 3 aliphatic heterocycles. The molecule has 0 aromatic heterocycles. The standard InChI is InChI=1S/C22H31NO6S/c1-14-6-4-3-5-7-18(24)15(2)8-9-16-11-17(28-20(25)10-14)12-22(27,29-16)19-13-30-21(26)23-19/h5,7,10,15-17,19,27H,3-4,6,8-9,11-13H2,1-2H3,(H,23,26). The zero-order valence-electron chi connectivity index (χ0n) is 17.6. The van der Waals surface area contributed by atoms with Gasteiger partial charge in [-0.15, -0.1) is 0 Å². The van der Waals surface area contributed by atoms with Crippen molar-refractivity contribution in [2.75, 3.05) is 5.75 Å². The number of amides is 1. The largest absolute Gasteiger partial charge is 0.459 e. The van der Waals surface area contributed by atoms with Crippen LogP contribution in [0.4, 0.5) is 4.79 Å². The molecule has 5 atom stereocenters. The summed E-state index contributed by atoms with van der Waals surface area (Å²) in [5.74, 6) is -1.71. The van der Waals surface area contributed by atoms with Crippen molar-refractivity contribution in [2.45, 2.75) is 82.8 Å². The number of rotatable bonds is 1. The molecule has 3 aliphatic rings. The molecule has 8 heteroatoms. The van der Waals surface area contributed by atoms with Gasteiger partial charge < -0.3 is 19.9 Å². The first-order valence-corrected chi connectivity index (χ1v) is 11.7. The quantitative estimate of drug-likeness (QED) is 0.607. The van der Waals surface area contributed by atoms with E-state index in [1.54, 1.807) is 6.08 Å². The van der Waals surface area contributed by atoms with Crippen LogP contribution in [0, 0.1) is 5.92 Å². The predicted molar refractivity (Wildman–Crippen MR) is 114 cm³/mol. The van der Waals surface area contributed by atoms with Crippen molar-refractivity contribution in [3.63, 3.8) is 0 Å². The molecule has 2 N–H and O–H groups in total. The molecular weight excluding hydrogens is 406 g/mol. The summed E-state index contributed by atoms with van der Waals surface area (Å²) in [4.78, 5) is 36.4. The van der Waals surface area contributed by atoms with Gasteiger partial charge in [-0.3, -0.25) is 9.59 Å². The highest BCUT2D eigenvalue weighted by atomic mass is 32.2. The van der Waals surface area contributed by atoms with E-state index in [2.05, 4.69) is 5.32 Å². The highest BCUT2D eigenvalue weighted by Crippen LogP contribution is 2.37. The Morgan fingerprint density at radius 2 is 2.03 bits per heavy atom. The van der Waals surface area contributed by atoms with Gasteiger partial charge in [0, 0.05) is 30.6 Å². The molecule has 7 nitrogen and oxygen atoms in total. The fourth-order valence-corrected chi connectivity index (χ4v) is 5.01. The Kier molecular flexibility index (Phi) is 7.76. The fraction of sp³-hybridized carbons (Fsp3) is 0.682. The van der Waals surface area contributed by atoms with Crippen LogP contribution < -0.4 is 5.32 Å². The maximum absolute atomic E-state index is 12.4. The predicted octanol–water partition coefficient (Wildman–Crippen LogP) is 3.26. The average Bonchev–Trinajstić information content (AvgIpc) is 3.11. The summed E-state index contributed by atoms with van der Waals surface area (Å²) in [7, 11) is 0. The molecule has 2 fully saturated rings. The number of ketones is 1. The van der Waals surface area contributed by atoms with Crippen LogP contribution in [0.5, 0.6) is 0 Å². The lowest BCUT2D eigenvalue weighted by Gasteiger charge is -2.43. The van der Waals surface area contributed by atoms with Crippen LogP contribution in [0.3, 0.4) is 0 Å². The smallest absolute Gasteiger partial charge is 0.330 e. The molecule has 3 heterocycles. The summed E-state index contributed by atoms with van der Waals surface area (Å²) >= 11 is 1.10. The van der Waals surface area contributed by atoms with E-state index in [0.717, 1.165) is 36.6 Å². The van der Waals surface area contributed by atoms with Gasteiger partial charge in [0.15, 0.2) is 11.6 Å². The normalized spacial score (nSPS) is 36.8. The number of carbonyl (C=O) groups excluding carboxylic acids is 3. The van der Waals surface area contributed by atoms with Gasteiger partial charge in [0.05, 0.1) is 12.1 Å². The van der Waals surface area contributed by atoms with Gasteiger partial charge in [-0.2, -0.15) is 0 Å². The van der Waals surface area contributed by atoms with Crippen LogP contribution in [0.15, 0.2) is 23.8 Å². The first-order chi connectivity index (χ1) is 14.2. The summed E-state index contributed by atoms with van der Waals surface area (Å²) in [6.07, 6.45) is 8.24. The number of allylic oxidation sites excluding steroid dienone is 3. The minimum absolute atomic E-state index is 0.0860. The monoisotopic (exact) mass is 437 g/mol. The first kappa shape index (κ1) is 23.0. The van der Waals surface area contributed by atoms with Crippen molar-refractivity contribution in [3.05, 3.63) is 23.8 Å². The topological polar surface area (TPSA) is 102 Å². The summed E-state index contributed by atoms with van der Waals surface area (Å²) in [6, 6.07) is -0.566. The lowest BCUT2D eigenvalue weighted by Crippen LogP contribution is -2.58. The molecule has 0 spiro atoms. The molecule has 166 valence electrons. The van der Waals surface area contributed by atoms with Crippen LogP contribution in [-0.4, -0.2) is 51.9 Å². The number of fused-ring (bicyclic) bond motifs is 2. The van der Waals surface area contributed by atoms with Crippen molar-refractivity contribution >= 4 is 28.8 Å². The minimum atomic E-state index is -1.61. The molecule has 0 aliphatic carbocycles. The van der Waals surface area contributed by atoms with Crippen LogP contribution in [-0.2, 0) is 19.1 Å². The van der Waals surface area contributed by atoms with Crippen molar-refractivity contribution < 1.29 is 29.0 Å². The van der Waals surface area contributed by atoms with E-state index in [1.165, 1.54) is 6.08 Å². The summed E-state index contributed by atoms with van der Waals surface area (Å²) < 4.78 is 11.7. The van der Waals surface area contributed by atoms with Crippen molar-refractivity contribution in [2.24, 2.45) is 5.92 Å². The van der Waals surface area contributed by atoms with Crippen molar-refractivity contribution in [1.82, 2.24) is 5.32 Å². The lowest BCUT2D eigenvalue weighted by atomic mass is 9.89. The highest BCUT2D eigenvalue weighted by Gasteiger charge is 2.49. The highest BCUT2D eigenvalue weighted by molar-refractivity contribution is 8.14. The van der Waals surface area contributed by atoms with E-state index in [4.69, 9.17) is 9.47 Å². The van der Waals surface area contributed by atoms with E-state index >= 15 is 0 Å². The number of carbonyl (C=O) groups is 3. The number of hydrogen-bond donors (Lipinski definition) is 2. The van der Waals surface area contributed by atoms with Gasteiger partial charge in [0.1, 0.15) is 6.10 Å². The molecule has 0 radical (unpaired) electrons. The van der Waals surface area contributed by atoms with E-state index in [1.807, 2.05) is 19.9 Å². The Bertz CT molecular complexity index is 735. The third-order valence-corrected chi connectivity index (χ3v) is 6.79. The maximum atomic E-state index is 12.4. The zero-order valence-corrected chi connectivity index (χ0v) is 18.4. The van der Waals surface area contributed by atoms with Crippen LogP contribution in [0.2, 0.25) is 0 Å². The SMILES string of the molecule is CC1=CC(=O)OC2CC(CCC(C)C(=O)C=CCCC1)OC(O)(C1CSC(=O)N1)C2.